The van der Waals surface area contributed by atoms with Crippen molar-refractivity contribution < 1.29 is 0 Å². The number of para-hydroxylation sites is 3. The van der Waals surface area contributed by atoms with Gasteiger partial charge >= 0.3 is 0 Å². The van der Waals surface area contributed by atoms with E-state index in [9.17, 15) is 0 Å². The maximum atomic E-state index is 2.39. The first kappa shape index (κ1) is 35.2. The van der Waals surface area contributed by atoms with Crippen LogP contribution in [0.3, 0.4) is 0 Å². The van der Waals surface area contributed by atoms with Gasteiger partial charge < -0.3 is 9.47 Å². The second kappa shape index (κ2) is 15.1. The average molecular weight is 765 g/mol. The molecule has 11 aromatic rings. The number of nitrogens with zero attached hydrogens (tertiary/aromatic N) is 2. The van der Waals surface area contributed by atoms with Crippen molar-refractivity contribution in [2.45, 2.75) is 0 Å². The molecule has 0 amide bonds. The van der Waals surface area contributed by atoms with Gasteiger partial charge in [-0.25, -0.2) is 0 Å². The molecule has 0 atom stereocenters. The standard InChI is InChI=1S/C58H40N2/c1-3-17-42(18-4-1)51-25-11-13-30-55(51)59(46-37-33-43(34-38-46)49-28-15-20-41-19-7-8-23-48(41)49)47-39-35-44(36-40-47)50-24-9-10-26-52(50)53-29-16-32-57-58(53)54-27-12-14-31-56(54)60(57)45-21-5-2-6-22-45/h1-40H. The molecular weight excluding hydrogens is 725 g/mol. The van der Waals surface area contributed by atoms with Gasteiger partial charge in [0.15, 0.2) is 0 Å². The predicted octanol–water partition coefficient (Wildman–Crippen LogP) is 16.1. The maximum Gasteiger partial charge on any atom is 0.0547 e. The van der Waals surface area contributed by atoms with Gasteiger partial charge in [0.05, 0.1) is 16.7 Å². The van der Waals surface area contributed by atoms with Gasteiger partial charge in [0.1, 0.15) is 0 Å². The van der Waals surface area contributed by atoms with E-state index >= 15 is 0 Å². The smallest absolute Gasteiger partial charge is 0.0547 e. The summed E-state index contributed by atoms with van der Waals surface area (Å²) in [5.74, 6) is 0. The Hall–Kier alpha value is -7.94. The van der Waals surface area contributed by atoms with Crippen molar-refractivity contribution in [1.29, 1.82) is 0 Å². The molecule has 1 aromatic heterocycles. The Labute approximate surface area is 350 Å². The second-order valence-corrected chi connectivity index (χ2v) is 15.3. The first-order valence-electron chi connectivity index (χ1n) is 20.6. The maximum absolute atomic E-state index is 2.39. The summed E-state index contributed by atoms with van der Waals surface area (Å²) in [5, 5.41) is 5.01. The van der Waals surface area contributed by atoms with E-state index in [-0.39, 0.29) is 0 Å². The molecule has 0 aliphatic rings. The molecule has 0 aliphatic carbocycles. The number of rotatable bonds is 8. The fourth-order valence-electron chi connectivity index (χ4n) is 9.08. The Balaban J connectivity index is 1.03. The molecule has 11 rings (SSSR count). The van der Waals surface area contributed by atoms with Gasteiger partial charge in [-0.3, -0.25) is 0 Å². The first-order valence-corrected chi connectivity index (χ1v) is 20.6. The molecule has 2 nitrogen and oxygen atoms in total. The van der Waals surface area contributed by atoms with Gasteiger partial charge in [-0.05, 0) is 104 Å². The summed E-state index contributed by atoms with van der Waals surface area (Å²) in [5.41, 5.74) is 16.4. The van der Waals surface area contributed by atoms with Crippen molar-refractivity contribution in [3.8, 4) is 50.2 Å². The minimum Gasteiger partial charge on any atom is -0.310 e. The van der Waals surface area contributed by atoms with Crippen LogP contribution in [-0.4, -0.2) is 4.57 Å². The molecule has 60 heavy (non-hydrogen) atoms. The van der Waals surface area contributed by atoms with Crippen molar-refractivity contribution in [1.82, 2.24) is 4.57 Å². The lowest BCUT2D eigenvalue weighted by molar-refractivity contribution is 1.18. The quantitative estimate of drug-likeness (QED) is 0.150. The van der Waals surface area contributed by atoms with Crippen LogP contribution in [0.25, 0.3) is 82.8 Å². The highest BCUT2D eigenvalue weighted by Gasteiger charge is 2.20. The van der Waals surface area contributed by atoms with Gasteiger partial charge in [-0.1, -0.05) is 188 Å². The summed E-state index contributed by atoms with van der Waals surface area (Å²) >= 11 is 0. The number of anilines is 3. The Morgan fingerprint density at radius 3 is 1.52 bits per heavy atom. The van der Waals surface area contributed by atoms with E-state index in [1.54, 1.807) is 0 Å². The molecule has 0 saturated carbocycles. The number of hydrogen-bond acceptors (Lipinski definition) is 1. The molecule has 0 unspecified atom stereocenters. The summed E-state index contributed by atoms with van der Waals surface area (Å²) in [6.07, 6.45) is 0. The van der Waals surface area contributed by atoms with E-state index < -0.39 is 0 Å². The number of fused-ring (bicyclic) bond motifs is 4. The van der Waals surface area contributed by atoms with E-state index in [0.29, 0.717) is 0 Å². The number of benzene rings is 10. The highest BCUT2D eigenvalue weighted by atomic mass is 15.1. The lowest BCUT2D eigenvalue weighted by Crippen LogP contribution is -2.11. The number of hydrogen-bond donors (Lipinski definition) is 0. The summed E-state index contributed by atoms with van der Waals surface area (Å²) in [6, 6.07) is 87.8. The zero-order chi connectivity index (χ0) is 39.8. The first-order chi connectivity index (χ1) is 29.8. The lowest BCUT2D eigenvalue weighted by atomic mass is 9.91. The van der Waals surface area contributed by atoms with Crippen molar-refractivity contribution in [2.24, 2.45) is 0 Å². The third-order valence-electron chi connectivity index (χ3n) is 11.8. The summed E-state index contributed by atoms with van der Waals surface area (Å²) < 4.78 is 2.39. The largest absolute Gasteiger partial charge is 0.310 e. The molecular formula is C58H40N2. The molecule has 1 heterocycles. The van der Waals surface area contributed by atoms with Crippen molar-refractivity contribution in [2.75, 3.05) is 4.90 Å². The molecule has 0 fully saturated rings. The Kier molecular flexibility index (Phi) is 8.87. The van der Waals surface area contributed by atoms with Crippen molar-refractivity contribution in [3.05, 3.63) is 243 Å². The zero-order valence-corrected chi connectivity index (χ0v) is 33.0. The van der Waals surface area contributed by atoms with Gasteiger partial charge in [-0.2, -0.15) is 0 Å². The predicted molar refractivity (Wildman–Crippen MR) is 255 cm³/mol. The molecule has 0 N–H and O–H groups in total. The normalized spacial score (nSPS) is 11.3. The summed E-state index contributed by atoms with van der Waals surface area (Å²) in [7, 11) is 0. The van der Waals surface area contributed by atoms with Crippen LogP contribution in [0.1, 0.15) is 0 Å². The third kappa shape index (κ3) is 6.14. The highest BCUT2D eigenvalue weighted by Crippen LogP contribution is 2.44. The second-order valence-electron chi connectivity index (χ2n) is 15.3. The Bertz CT molecular complexity index is 3280. The minimum atomic E-state index is 1.09. The molecule has 0 bridgehead atoms. The number of aromatic nitrogens is 1. The van der Waals surface area contributed by atoms with Crippen LogP contribution in [0, 0.1) is 0 Å². The van der Waals surface area contributed by atoms with Crippen LogP contribution >= 0.6 is 0 Å². The minimum absolute atomic E-state index is 1.09. The van der Waals surface area contributed by atoms with Crippen LogP contribution in [0.5, 0.6) is 0 Å². The van der Waals surface area contributed by atoms with Gasteiger partial charge in [0.25, 0.3) is 0 Å². The van der Waals surface area contributed by atoms with E-state index in [1.165, 1.54) is 77.1 Å². The van der Waals surface area contributed by atoms with E-state index in [1.807, 2.05) is 0 Å². The molecule has 10 aromatic carbocycles. The fraction of sp³-hybridized carbons (Fsp3) is 0. The molecule has 0 radical (unpaired) electrons. The third-order valence-corrected chi connectivity index (χ3v) is 11.8. The Morgan fingerprint density at radius 2 is 0.767 bits per heavy atom. The van der Waals surface area contributed by atoms with Crippen molar-refractivity contribution in [3.63, 3.8) is 0 Å². The molecule has 0 spiro atoms. The van der Waals surface area contributed by atoms with Gasteiger partial charge in [0.2, 0.25) is 0 Å². The molecule has 0 aliphatic heterocycles. The van der Waals surface area contributed by atoms with Crippen LogP contribution < -0.4 is 4.90 Å². The van der Waals surface area contributed by atoms with Crippen LogP contribution in [0.15, 0.2) is 243 Å². The monoisotopic (exact) mass is 764 g/mol. The Morgan fingerprint density at radius 1 is 0.283 bits per heavy atom. The molecule has 2 heteroatoms. The molecule has 0 saturated heterocycles. The fourth-order valence-corrected chi connectivity index (χ4v) is 9.08. The summed E-state index contributed by atoms with van der Waals surface area (Å²) in [6.45, 7) is 0. The average Bonchev–Trinajstić information content (AvgIpc) is 3.67. The van der Waals surface area contributed by atoms with E-state index in [4.69, 9.17) is 0 Å². The van der Waals surface area contributed by atoms with Gasteiger partial charge in [0, 0.05) is 33.4 Å². The molecule has 282 valence electrons. The zero-order valence-electron chi connectivity index (χ0n) is 33.0. The van der Waals surface area contributed by atoms with Gasteiger partial charge in [-0.15, -0.1) is 0 Å². The van der Waals surface area contributed by atoms with Crippen LogP contribution in [0.2, 0.25) is 0 Å². The lowest BCUT2D eigenvalue weighted by Gasteiger charge is -2.28. The van der Waals surface area contributed by atoms with Crippen LogP contribution in [0.4, 0.5) is 17.1 Å². The highest BCUT2D eigenvalue weighted by molar-refractivity contribution is 6.16. The van der Waals surface area contributed by atoms with E-state index in [0.717, 1.165) is 22.7 Å². The van der Waals surface area contributed by atoms with E-state index in [2.05, 4.69) is 252 Å². The SMILES string of the molecule is c1ccc(-c2ccccc2N(c2ccc(-c3ccccc3-c3cccc4c3c3ccccc3n4-c3ccccc3)cc2)c2ccc(-c3cccc4ccccc34)cc2)cc1. The summed E-state index contributed by atoms with van der Waals surface area (Å²) in [4.78, 5) is 2.39. The van der Waals surface area contributed by atoms with Crippen LogP contribution in [-0.2, 0) is 0 Å². The topological polar surface area (TPSA) is 8.17 Å². The van der Waals surface area contributed by atoms with Crippen molar-refractivity contribution >= 4 is 49.6 Å².